The third-order valence-electron chi connectivity index (χ3n) is 5.53. The molecule has 0 aliphatic rings. The maximum absolute atomic E-state index is 12.9. The number of aryl methyl sites for hydroxylation is 1. The van der Waals surface area contributed by atoms with Crippen molar-refractivity contribution in [2.45, 2.75) is 66.0 Å². The van der Waals surface area contributed by atoms with E-state index in [0.29, 0.717) is 22.2 Å². The predicted octanol–water partition coefficient (Wildman–Crippen LogP) is 5.88. The van der Waals surface area contributed by atoms with Gasteiger partial charge in [-0.3, -0.25) is 9.59 Å². The number of nitrogens with one attached hydrogen (secondary N) is 2. The van der Waals surface area contributed by atoms with Gasteiger partial charge in [0.05, 0.1) is 18.3 Å². The summed E-state index contributed by atoms with van der Waals surface area (Å²) in [6.45, 7) is 11.6. The van der Waals surface area contributed by atoms with Crippen LogP contribution in [-0.4, -0.2) is 37.3 Å². The van der Waals surface area contributed by atoms with Crippen LogP contribution in [0.4, 0.5) is 0 Å². The van der Waals surface area contributed by atoms with Gasteiger partial charge in [0.1, 0.15) is 17.5 Å². The number of nitrogens with zero attached hydrogens (tertiary/aromatic N) is 1. The Morgan fingerprint density at radius 1 is 1.03 bits per heavy atom. The van der Waals surface area contributed by atoms with Crippen molar-refractivity contribution in [3.8, 4) is 11.5 Å². The molecule has 0 spiro atoms. The van der Waals surface area contributed by atoms with Crippen LogP contribution in [0.15, 0.2) is 35.4 Å². The average molecular weight is 537 g/mol. The maximum atomic E-state index is 12.9. The SMILES string of the molecule is COc1cc(C)c(/C=N\NC(=O)[C@H](CC(C)C)NC(=O)[C@@H](C)Oc2ccc(Cl)cc2Cl)cc1C(C)C. The molecule has 0 radical (unpaired) electrons. The van der Waals surface area contributed by atoms with E-state index < -0.39 is 24.0 Å². The van der Waals surface area contributed by atoms with Gasteiger partial charge >= 0.3 is 0 Å². The number of carbonyl (C=O) groups is 2. The van der Waals surface area contributed by atoms with Gasteiger partial charge in [-0.05, 0) is 79.1 Å². The Morgan fingerprint density at radius 3 is 2.31 bits per heavy atom. The Bertz CT molecular complexity index is 1100. The first kappa shape index (κ1) is 29.5. The Kier molecular flexibility index (Phi) is 11.1. The van der Waals surface area contributed by atoms with Gasteiger partial charge in [-0.1, -0.05) is 50.9 Å². The topological polar surface area (TPSA) is 89.0 Å². The smallest absolute Gasteiger partial charge is 0.262 e. The number of methoxy groups -OCH3 is 1. The van der Waals surface area contributed by atoms with Crippen LogP contribution < -0.4 is 20.2 Å². The van der Waals surface area contributed by atoms with Crippen molar-refractivity contribution in [1.82, 2.24) is 10.7 Å². The van der Waals surface area contributed by atoms with E-state index in [1.165, 1.54) is 6.07 Å². The molecule has 0 heterocycles. The predicted molar refractivity (Wildman–Crippen MR) is 145 cm³/mol. The summed E-state index contributed by atoms with van der Waals surface area (Å²) >= 11 is 12.0. The summed E-state index contributed by atoms with van der Waals surface area (Å²) in [5, 5.41) is 7.67. The van der Waals surface area contributed by atoms with Crippen LogP contribution in [0.3, 0.4) is 0 Å². The van der Waals surface area contributed by atoms with Crippen molar-refractivity contribution in [3.63, 3.8) is 0 Å². The summed E-state index contributed by atoms with van der Waals surface area (Å²) in [5.74, 6) is 0.705. The van der Waals surface area contributed by atoms with Crippen LogP contribution >= 0.6 is 23.2 Å². The molecule has 0 fully saturated rings. The Morgan fingerprint density at radius 2 is 1.72 bits per heavy atom. The summed E-state index contributed by atoms with van der Waals surface area (Å²) in [6, 6.07) is 7.91. The van der Waals surface area contributed by atoms with E-state index in [1.54, 1.807) is 32.4 Å². The molecule has 2 amide bonds. The molecule has 2 rings (SSSR count). The number of rotatable bonds is 11. The second kappa shape index (κ2) is 13.5. The number of hydrogen-bond donors (Lipinski definition) is 2. The fourth-order valence-electron chi connectivity index (χ4n) is 3.53. The third-order valence-corrected chi connectivity index (χ3v) is 6.06. The average Bonchev–Trinajstić information content (AvgIpc) is 2.80. The fraction of sp³-hybridized carbons (Fsp3) is 0.444. The summed E-state index contributed by atoms with van der Waals surface area (Å²) < 4.78 is 11.2. The highest BCUT2D eigenvalue weighted by molar-refractivity contribution is 6.35. The molecule has 2 N–H and O–H groups in total. The first-order valence-corrected chi connectivity index (χ1v) is 12.6. The molecular weight excluding hydrogens is 501 g/mol. The Labute approximate surface area is 223 Å². The number of ether oxygens (including phenoxy) is 2. The Balaban J connectivity index is 2.09. The standard InChI is InChI=1S/C27H35Cl2N3O4/c1-15(2)10-23(31-26(33)18(6)36-24-9-8-20(28)13-22(24)29)27(34)32-30-14-19-12-21(16(3)4)25(35-7)11-17(19)5/h8-9,11-16,18,23H,10H2,1-7H3,(H,31,33)(H,32,34)/b30-14-/t18-,23+/m1/s1. The van der Waals surface area contributed by atoms with Gasteiger partial charge in [-0.15, -0.1) is 0 Å². The largest absolute Gasteiger partial charge is 0.496 e. The lowest BCUT2D eigenvalue weighted by atomic mass is 9.97. The molecule has 36 heavy (non-hydrogen) atoms. The van der Waals surface area contributed by atoms with Crippen LogP contribution in [0.25, 0.3) is 0 Å². The quantitative estimate of drug-likeness (QED) is 0.277. The molecule has 0 saturated heterocycles. The second-order valence-electron chi connectivity index (χ2n) is 9.37. The van der Waals surface area contributed by atoms with Crippen molar-refractivity contribution < 1.29 is 19.1 Å². The van der Waals surface area contributed by atoms with E-state index in [4.69, 9.17) is 32.7 Å². The number of amides is 2. The maximum Gasteiger partial charge on any atom is 0.262 e. The first-order valence-electron chi connectivity index (χ1n) is 11.9. The second-order valence-corrected chi connectivity index (χ2v) is 10.2. The van der Waals surface area contributed by atoms with E-state index in [1.807, 2.05) is 32.9 Å². The van der Waals surface area contributed by atoms with E-state index in [-0.39, 0.29) is 11.8 Å². The monoisotopic (exact) mass is 535 g/mol. The molecule has 0 unspecified atom stereocenters. The number of benzene rings is 2. The molecule has 0 aliphatic heterocycles. The van der Waals surface area contributed by atoms with Gasteiger partial charge < -0.3 is 14.8 Å². The zero-order chi connectivity index (χ0) is 27.0. The van der Waals surface area contributed by atoms with Crippen LogP contribution in [0.1, 0.15) is 63.6 Å². The number of halogens is 2. The molecule has 0 saturated carbocycles. The van der Waals surface area contributed by atoms with Crippen LogP contribution in [0.2, 0.25) is 10.0 Å². The van der Waals surface area contributed by atoms with E-state index in [0.717, 1.165) is 22.4 Å². The molecule has 2 aromatic rings. The summed E-state index contributed by atoms with van der Waals surface area (Å²) in [5.41, 5.74) is 5.44. The number of carbonyl (C=O) groups excluding carboxylic acids is 2. The highest BCUT2D eigenvalue weighted by atomic mass is 35.5. The van der Waals surface area contributed by atoms with Crippen molar-refractivity contribution in [2.24, 2.45) is 11.0 Å². The normalized spacial score (nSPS) is 13.1. The van der Waals surface area contributed by atoms with Crippen LogP contribution in [0.5, 0.6) is 11.5 Å². The Hall–Kier alpha value is -2.77. The van der Waals surface area contributed by atoms with Crippen LogP contribution in [-0.2, 0) is 9.59 Å². The van der Waals surface area contributed by atoms with Gasteiger partial charge in [-0.2, -0.15) is 5.10 Å². The molecule has 0 bridgehead atoms. The van der Waals surface area contributed by atoms with E-state index in [2.05, 4.69) is 29.7 Å². The molecule has 0 aliphatic carbocycles. The highest BCUT2D eigenvalue weighted by Crippen LogP contribution is 2.29. The number of hydrogen-bond acceptors (Lipinski definition) is 5. The fourth-order valence-corrected chi connectivity index (χ4v) is 3.99. The number of hydrazone groups is 1. The minimum absolute atomic E-state index is 0.157. The highest BCUT2D eigenvalue weighted by Gasteiger charge is 2.25. The molecule has 196 valence electrons. The first-order chi connectivity index (χ1) is 16.9. The van der Waals surface area contributed by atoms with Crippen molar-refractivity contribution >= 4 is 41.2 Å². The van der Waals surface area contributed by atoms with Gasteiger partial charge in [0.2, 0.25) is 0 Å². The van der Waals surface area contributed by atoms with Crippen molar-refractivity contribution in [3.05, 3.63) is 57.1 Å². The van der Waals surface area contributed by atoms with Gasteiger partial charge in [-0.25, -0.2) is 5.43 Å². The zero-order valence-electron chi connectivity index (χ0n) is 21.8. The molecule has 2 atom stereocenters. The van der Waals surface area contributed by atoms with Crippen molar-refractivity contribution in [1.29, 1.82) is 0 Å². The summed E-state index contributed by atoms with van der Waals surface area (Å²) in [7, 11) is 1.65. The lowest BCUT2D eigenvalue weighted by molar-refractivity contribution is -0.132. The van der Waals surface area contributed by atoms with Crippen LogP contribution in [0, 0.1) is 12.8 Å². The molecule has 7 nitrogen and oxygen atoms in total. The van der Waals surface area contributed by atoms with Crippen molar-refractivity contribution in [2.75, 3.05) is 7.11 Å². The molecule has 2 aromatic carbocycles. The van der Waals surface area contributed by atoms with Gasteiger partial charge in [0.25, 0.3) is 11.8 Å². The lowest BCUT2D eigenvalue weighted by Gasteiger charge is -2.22. The summed E-state index contributed by atoms with van der Waals surface area (Å²) in [6.07, 6.45) is 1.15. The third kappa shape index (κ3) is 8.42. The molecular formula is C27H35Cl2N3O4. The summed E-state index contributed by atoms with van der Waals surface area (Å²) in [4.78, 5) is 25.7. The lowest BCUT2D eigenvalue weighted by Crippen LogP contribution is -2.49. The van der Waals surface area contributed by atoms with E-state index >= 15 is 0 Å². The van der Waals surface area contributed by atoms with Gasteiger partial charge in [0.15, 0.2) is 6.10 Å². The van der Waals surface area contributed by atoms with Gasteiger partial charge in [0, 0.05) is 5.02 Å². The molecule has 9 heteroatoms. The minimum Gasteiger partial charge on any atom is -0.496 e. The zero-order valence-corrected chi connectivity index (χ0v) is 23.3. The van der Waals surface area contributed by atoms with E-state index in [9.17, 15) is 9.59 Å². The molecule has 0 aromatic heterocycles. The minimum atomic E-state index is -0.883.